The minimum atomic E-state index is -0.528. The molecule has 6 nitrogen and oxygen atoms in total. The Morgan fingerprint density at radius 2 is 1.69 bits per heavy atom. The van der Waals surface area contributed by atoms with Crippen LogP contribution in [0.3, 0.4) is 0 Å². The molecule has 1 aromatic carbocycles. The number of phenolic OH excluding ortho intramolecular Hbond substituents is 2. The summed E-state index contributed by atoms with van der Waals surface area (Å²) in [5.74, 6) is -1.41. The monoisotopic (exact) mass is 388 g/mol. The van der Waals surface area contributed by atoms with Crippen LogP contribution in [0, 0.1) is 0 Å². The van der Waals surface area contributed by atoms with E-state index in [4.69, 9.17) is 27.6 Å². The van der Waals surface area contributed by atoms with E-state index in [0.717, 1.165) is 0 Å². The van der Waals surface area contributed by atoms with Gasteiger partial charge in [0.25, 0.3) is 5.91 Å². The summed E-state index contributed by atoms with van der Waals surface area (Å²) in [6, 6.07) is 8.00. The van der Waals surface area contributed by atoms with Gasteiger partial charge in [-0.3, -0.25) is 9.78 Å². The molecule has 0 aliphatic rings. The molecule has 0 atom stereocenters. The Hall–Kier alpha value is -2.96. The molecule has 0 saturated carbocycles. The molecule has 130 valence electrons. The molecule has 0 aliphatic heterocycles. The first-order chi connectivity index (χ1) is 12.5. The minimum absolute atomic E-state index is 0.0305. The van der Waals surface area contributed by atoms with E-state index in [1.807, 2.05) is 0 Å². The lowest BCUT2D eigenvalue weighted by atomic mass is 9.99. The van der Waals surface area contributed by atoms with Crippen LogP contribution in [-0.2, 0) is 0 Å². The fourth-order valence-electron chi connectivity index (χ4n) is 2.76. The van der Waals surface area contributed by atoms with Crippen molar-refractivity contribution in [1.29, 1.82) is 0 Å². The third-order valence-electron chi connectivity index (χ3n) is 3.94. The second-order valence-corrected chi connectivity index (χ2v) is 6.34. The van der Waals surface area contributed by atoms with Gasteiger partial charge in [0, 0.05) is 23.6 Å². The Bertz CT molecular complexity index is 1130. The van der Waals surface area contributed by atoms with Crippen LogP contribution in [0.15, 0.2) is 47.1 Å². The van der Waals surface area contributed by atoms with Crippen molar-refractivity contribution in [3.05, 3.63) is 58.3 Å². The third kappa shape index (κ3) is 2.51. The first kappa shape index (κ1) is 16.5. The van der Waals surface area contributed by atoms with Crippen LogP contribution < -0.4 is 5.32 Å². The summed E-state index contributed by atoms with van der Waals surface area (Å²) in [4.78, 5) is 16.8. The molecule has 0 spiro atoms. The Morgan fingerprint density at radius 1 is 1.00 bits per heavy atom. The Kier molecular flexibility index (Phi) is 3.86. The second-order valence-electron chi connectivity index (χ2n) is 5.53. The lowest BCUT2D eigenvalue weighted by molar-refractivity contribution is 0.102. The number of pyridine rings is 1. The molecule has 4 rings (SSSR count). The normalized spacial score (nSPS) is 11.2. The fraction of sp³-hybridized carbons (Fsp3) is 0. The number of carbonyl (C=O) groups excluding carboxylic acids is 1. The number of phenols is 2. The van der Waals surface area contributed by atoms with Crippen LogP contribution >= 0.6 is 23.2 Å². The van der Waals surface area contributed by atoms with Crippen molar-refractivity contribution in [3.63, 3.8) is 0 Å². The molecular formula is C18H10Cl2N2O4. The number of amides is 1. The van der Waals surface area contributed by atoms with Crippen molar-refractivity contribution in [2.75, 3.05) is 5.32 Å². The van der Waals surface area contributed by atoms with Crippen LogP contribution in [0.5, 0.6) is 11.5 Å². The molecule has 26 heavy (non-hydrogen) atoms. The summed E-state index contributed by atoms with van der Waals surface area (Å²) in [6.07, 6.45) is 3.10. The number of nitrogens with one attached hydrogen (secondary N) is 1. The second kappa shape index (κ2) is 6.09. The van der Waals surface area contributed by atoms with Crippen molar-refractivity contribution in [3.8, 4) is 22.6 Å². The van der Waals surface area contributed by atoms with Gasteiger partial charge in [-0.05, 0) is 35.9 Å². The van der Waals surface area contributed by atoms with Gasteiger partial charge in [-0.15, -0.1) is 0 Å². The van der Waals surface area contributed by atoms with Gasteiger partial charge in [0.1, 0.15) is 0 Å². The quantitative estimate of drug-likeness (QED) is 0.433. The molecule has 2 bridgehead atoms. The van der Waals surface area contributed by atoms with Gasteiger partial charge in [-0.2, -0.15) is 0 Å². The predicted molar refractivity (Wildman–Crippen MR) is 98.4 cm³/mol. The predicted octanol–water partition coefficient (Wildman–Crippen LogP) is 4.90. The van der Waals surface area contributed by atoms with Crippen LogP contribution in [0.25, 0.3) is 22.3 Å². The lowest BCUT2D eigenvalue weighted by Crippen LogP contribution is -2.13. The Balaban J connectivity index is 1.82. The smallest absolute Gasteiger partial charge is 0.260 e. The number of furan rings is 2. The third-order valence-corrected chi connectivity index (χ3v) is 4.68. The highest BCUT2D eigenvalue weighted by atomic mass is 35.5. The van der Waals surface area contributed by atoms with Crippen molar-refractivity contribution >= 4 is 46.0 Å². The number of anilines is 1. The van der Waals surface area contributed by atoms with Gasteiger partial charge in [0.05, 0.1) is 15.6 Å². The molecule has 0 unspecified atom stereocenters. The fourth-order valence-corrected chi connectivity index (χ4v) is 3.06. The van der Waals surface area contributed by atoms with Gasteiger partial charge in [-0.25, -0.2) is 0 Å². The molecule has 0 aliphatic carbocycles. The average molecular weight is 389 g/mol. The molecule has 1 amide bonds. The first-order valence-electron chi connectivity index (χ1n) is 7.44. The summed E-state index contributed by atoms with van der Waals surface area (Å²) in [7, 11) is 0. The van der Waals surface area contributed by atoms with E-state index in [1.165, 1.54) is 6.07 Å². The number of carbonyl (C=O) groups is 1. The Morgan fingerprint density at radius 3 is 2.38 bits per heavy atom. The van der Waals surface area contributed by atoms with Gasteiger partial charge in [0.2, 0.25) is 11.5 Å². The van der Waals surface area contributed by atoms with Crippen molar-refractivity contribution in [1.82, 2.24) is 4.98 Å². The maximum Gasteiger partial charge on any atom is 0.260 e. The number of halogens is 2. The van der Waals surface area contributed by atoms with Gasteiger partial charge in [0.15, 0.2) is 11.2 Å². The molecule has 8 heteroatoms. The largest absolute Gasteiger partial charge is 0.502 e. The summed E-state index contributed by atoms with van der Waals surface area (Å²) < 4.78 is 5.43. The van der Waals surface area contributed by atoms with E-state index in [9.17, 15) is 15.0 Å². The van der Waals surface area contributed by atoms with E-state index in [0.29, 0.717) is 26.9 Å². The maximum atomic E-state index is 12.8. The molecule has 4 aromatic rings. The van der Waals surface area contributed by atoms with Crippen LogP contribution in [0.4, 0.5) is 5.69 Å². The van der Waals surface area contributed by atoms with E-state index in [2.05, 4.69) is 10.3 Å². The lowest BCUT2D eigenvalue weighted by Gasteiger charge is -2.09. The van der Waals surface area contributed by atoms with Gasteiger partial charge < -0.3 is 19.9 Å². The summed E-state index contributed by atoms with van der Waals surface area (Å²) >= 11 is 11.8. The van der Waals surface area contributed by atoms with Crippen molar-refractivity contribution in [2.45, 2.75) is 0 Å². The van der Waals surface area contributed by atoms with Crippen LogP contribution in [0.2, 0.25) is 10.0 Å². The highest BCUT2D eigenvalue weighted by Crippen LogP contribution is 2.50. The molecule has 0 fully saturated rings. The average Bonchev–Trinajstić information content (AvgIpc) is 3.16. The number of fused-ring (bicyclic) bond motifs is 2. The number of aromatic hydroxyl groups is 2. The number of benzene rings is 2. The molecule has 3 N–H and O–H groups in total. The topological polar surface area (TPSA) is 95.6 Å². The van der Waals surface area contributed by atoms with E-state index >= 15 is 0 Å². The summed E-state index contributed by atoms with van der Waals surface area (Å²) in [6.45, 7) is 0. The molecule has 3 aromatic heterocycles. The number of hydrogen-bond donors (Lipinski definition) is 3. The van der Waals surface area contributed by atoms with Crippen LogP contribution in [-0.4, -0.2) is 21.1 Å². The molecule has 0 saturated heterocycles. The summed E-state index contributed by atoms with van der Waals surface area (Å²) in [5.41, 5.74) is 1.45. The highest BCUT2D eigenvalue weighted by molar-refractivity contribution is 6.42. The van der Waals surface area contributed by atoms with Crippen molar-refractivity contribution < 1.29 is 19.4 Å². The number of hydrogen-bond acceptors (Lipinski definition) is 5. The highest BCUT2D eigenvalue weighted by Gasteiger charge is 2.31. The summed E-state index contributed by atoms with van der Waals surface area (Å²) in [5, 5.41) is 23.3. The maximum absolute atomic E-state index is 12.8. The minimum Gasteiger partial charge on any atom is -0.502 e. The first-order valence-corrected chi connectivity index (χ1v) is 8.19. The Labute approximate surface area is 156 Å². The van der Waals surface area contributed by atoms with E-state index in [-0.39, 0.29) is 16.7 Å². The molecule has 0 radical (unpaired) electrons. The van der Waals surface area contributed by atoms with Gasteiger partial charge >= 0.3 is 0 Å². The van der Waals surface area contributed by atoms with E-state index < -0.39 is 17.4 Å². The number of nitrogens with zero attached hydrogens (tertiary/aromatic N) is 1. The zero-order valence-electron chi connectivity index (χ0n) is 13.0. The number of rotatable bonds is 3. The van der Waals surface area contributed by atoms with Gasteiger partial charge in [-0.1, -0.05) is 23.2 Å². The number of aromatic nitrogens is 1. The zero-order valence-corrected chi connectivity index (χ0v) is 14.5. The molecule has 3 heterocycles. The van der Waals surface area contributed by atoms with Crippen molar-refractivity contribution in [2.24, 2.45) is 0 Å². The standard InChI is InChI=1S/C18H10Cl2N2O4/c19-10-2-1-9(7-11(10)20)22-18(25)13-12(8-3-5-21-6-4-8)16-14(23)15(24)17(13)26-16/h1-7,23-24H,(H,22,25). The zero-order chi connectivity index (χ0) is 18.4. The van der Waals surface area contributed by atoms with E-state index in [1.54, 1.807) is 36.7 Å². The molecular weight excluding hydrogens is 379 g/mol. The SMILES string of the molecule is O=C(Nc1ccc(Cl)c(Cl)c1)c1c(-c2ccncc2)c2oc1c(O)c2O. The van der Waals surface area contributed by atoms with Crippen LogP contribution in [0.1, 0.15) is 10.4 Å².